The number of carbonyl (C=O) groups excluding carboxylic acids is 1. The summed E-state index contributed by atoms with van der Waals surface area (Å²) >= 11 is 8.99. The van der Waals surface area contributed by atoms with Crippen molar-refractivity contribution in [3.05, 3.63) is 67.6 Å². The number of nitrogens with zero attached hydrogens (tertiary/aromatic N) is 2. The van der Waals surface area contributed by atoms with Gasteiger partial charge in [-0.2, -0.15) is 5.10 Å². The van der Waals surface area contributed by atoms with Crippen LogP contribution in [0.25, 0.3) is 0 Å². The van der Waals surface area contributed by atoms with Gasteiger partial charge in [-0.1, -0.05) is 29.8 Å². The molecule has 1 N–H and O–H groups in total. The fourth-order valence-corrected chi connectivity index (χ4v) is 2.25. The predicted molar refractivity (Wildman–Crippen MR) is 93.5 cm³/mol. The molecule has 0 bridgehead atoms. The van der Waals surface area contributed by atoms with E-state index in [1.807, 2.05) is 0 Å². The average molecular weight is 413 g/mol. The summed E-state index contributed by atoms with van der Waals surface area (Å²) in [5.41, 5.74) is 2.64. The van der Waals surface area contributed by atoms with Crippen molar-refractivity contribution < 1.29 is 14.5 Å². The summed E-state index contributed by atoms with van der Waals surface area (Å²) < 4.78 is 5.62. The van der Waals surface area contributed by atoms with E-state index < -0.39 is 10.8 Å². The van der Waals surface area contributed by atoms with Crippen LogP contribution in [0.2, 0.25) is 5.02 Å². The summed E-state index contributed by atoms with van der Waals surface area (Å²) in [6, 6.07) is 11.2. The van der Waals surface area contributed by atoms with Gasteiger partial charge >= 0.3 is 0 Å². The van der Waals surface area contributed by atoms with Crippen molar-refractivity contribution in [1.82, 2.24) is 5.43 Å². The van der Waals surface area contributed by atoms with Crippen LogP contribution in [-0.2, 0) is 4.79 Å². The van der Waals surface area contributed by atoms with Crippen LogP contribution in [-0.4, -0.2) is 23.7 Å². The first-order valence-corrected chi connectivity index (χ1v) is 7.77. The van der Waals surface area contributed by atoms with Crippen LogP contribution >= 0.6 is 27.5 Å². The Morgan fingerprint density at radius 3 is 2.83 bits per heavy atom. The number of amides is 1. The maximum atomic E-state index is 11.6. The predicted octanol–water partition coefficient (Wildman–Crippen LogP) is 3.54. The summed E-state index contributed by atoms with van der Waals surface area (Å²) in [7, 11) is 0. The Morgan fingerprint density at radius 1 is 1.38 bits per heavy atom. The number of carbonyl (C=O) groups is 1. The van der Waals surface area contributed by atoms with Crippen LogP contribution in [0.5, 0.6) is 5.75 Å². The first kappa shape index (κ1) is 17.9. The van der Waals surface area contributed by atoms with Gasteiger partial charge in [-0.25, -0.2) is 5.43 Å². The Balaban J connectivity index is 1.90. The van der Waals surface area contributed by atoms with Crippen molar-refractivity contribution in [2.45, 2.75) is 0 Å². The lowest BCUT2D eigenvalue weighted by molar-refractivity contribution is -0.385. The molecule has 0 aromatic heterocycles. The SMILES string of the molecule is O=C(COc1ccccc1Cl)N/N=C\c1ccc(Br)c([N+](=O)[O-])c1. The molecule has 0 radical (unpaired) electrons. The van der Waals surface area contributed by atoms with Crippen LogP contribution in [0.1, 0.15) is 5.56 Å². The van der Waals surface area contributed by atoms with Crippen LogP contribution in [0, 0.1) is 10.1 Å². The van der Waals surface area contributed by atoms with Gasteiger partial charge < -0.3 is 4.74 Å². The molecule has 0 saturated heterocycles. The van der Waals surface area contributed by atoms with Crippen LogP contribution < -0.4 is 10.2 Å². The first-order chi connectivity index (χ1) is 11.5. The average Bonchev–Trinajstić information content (AvgIpc) is 2.55. The monoisotopic (exact) mass is 411 g/mol. The summed E-state index contributed by atoms with van der Waals surface area (Å²) in [5, 5.41) is 15.0. The number of hydrogen-bond acceptors (Lipinski definition) is 5. The Bertz CT molecular complexity index is 798. The van der Waals surface area contributed by atoms with Gasteiger partial charge in [0.05, 0.1) is 20.6 Å². The van der Waals surface area contributed by atoms with Crippen LogP contribution in [0.3, 0.4) is 0 Å². The van der Waals surface area contributed by atoms with E-state index in [9.17, 15) is 14.9 Å². The lowest BCUT2D eigenvalue weighted by Crippen LogP contribution is -2.24. The molecule has 124 valence electrons. The molecule has 0 fully saturated rings. The second-order valence-electron chi connectivity index (χ2n) is 4.48. The van der Waals surface area contributed by atoms with E-state index in [1.165, 1.54) is 18.3 Å². The zero-order valence-electron chi connectivity index (χ0n) is 12.1. The molecular weight excluding hydrogens is 402 g/mol. The Kier molecular flexibility index (Phi) is 6.28. The number of rotatable bonds is 6. The summed E-state index contributed by atoms with van der Waals surface area (Å²) in [6.45, 7) is -0.262. The van der Waals surface area contributed by atoms with Gasteiger partial charge in [-0.15, -0.1) is 0 Å². The molecule has 0 aliphatic rings. The highest BCUT2D eigenvalue weighted by atomic mass is 79.9. The largest absolute Gasteiger partial charge is 0.482 e. The molecule has 0 atom stereocenters. The highest BCUT2D eigenvalue weighted by Gasteiger charge is 2.11. The van der Waals surface area contributed by atoms with Crippen molar-refractivity contribution in [1.29, 1.82) is 0 Å². The van der Waals surface area contributed by atoms with E-state index >= 15 is 0 Å². The minimum atomic E-state index is -0.516. The number of nitro benzene ring substituents is 1. The molecule has 2 aromatic rings. The lowest BCUT2D eigenvalue weighted by atomic mass is 10.2. The summed E-state index contributed by atoms with van der Waals surface area (Å²) in [6.07, 6.45) is 1.30. The number of halogens is 2. The van der Waals surface area contributed by atoms with Crippen LogP contribution in [0.4, 0.5) is 5.69 Å². The minimum Gasteiger partial charge on any atom is -0.482 e. The molecule has 0 aliphatic heterocycles. The van der Waals surface area contributed by atoms with E-state index in [-0.39, 0.29) is 12.3 Å². The van der Waals surface area contributed by atoms with Gasteiger partial charge in [-0.05, 0) is 34.1 Å². The fraction of sp³-hybridized carbons (Fsp3) is 0.0667. The number of nitro groups is 1. The van der Waals surface area contributed by atoms with Gasteiger partial charge in [0.1, 0.15) is 5.75 Å². The second kappa shape index (κ2) is 8.42. The third kappa shape index (κ3) is 5.04. The van der Waals surface area contributed by atoms with Crippen molar-refractivity contribution in [2.24, 2.45) is 5.10 Å². The van der Waals surface area contributed by atoms with Gasteiger partial charge in [0, 0.05) is 11.6 Å². The number of hydrogen-bond donors (Lipinski definition) is 1. The van der Waals surface area contributed by atoms with E-state index in [0.29, 0.717) is 20.8 Å². The molecule has 2 aromatic carbocycles. The van der Waals surface area contributed by atoms with Gasteiger partial charge in [0.25, 0.3) is 11.6 Å². The number of nitrogens with one attached hydrogen (secondary N) is 1. The van der Waals surface area contributed by atoms with Crippen molar-refractivity contribution >= 4 is 45.3 Å². The third-order valence-electron chi connectivity index (χ3n) is 2.77. The second-order valence-corrected chi connectivity index (χ2v) is 5.74. The normalized spacial score (nSPS) is 10.6. The van der Waals surface area contributed by atoms with Crippen molar-refractivity contribution in [3.63, 3.8) is 0 Å². The van der Waals surface area contributed by atoms with Gasteiger partial charge in [0.15, 0.2) is 6.61 Å². The fourth-order valence-electron chi connectivity index (χ4n) is 1.67. The summed E-state index contributed by atoms with van der Waals surface area (Å²) in [4.78, 5) is 22.0. The van der Waals surface area contributed by atoms with Crippen molar-refractivity contribution in [2.75, 3.05) is 6.61 Å². The zero-order valence-corrected chi connectivity index (χ0v) is 14.5. The van der Waals surface area contributed by atoms with Crippen LogP contribution in [0.15, 0.2) is 52.0 Å². The molecule has 24 heavy (non-hydrogen) atoms. The number of benzene rings is 2. The topological polar surface area (TPSA) is 93.8 Å². The Morgan fingerprint density at radius 2 is 2.12 bits per heavy atom. The molecule has 0 aliphatic carbocycles. The Hall–Kier alpha value is -2.45. The minimum absolute atomic E-state index is 0.0904. The molecule has 0 unspecified atom stereocenters. The highest BCUT2D eigenvalue weighted by Crippen LogP contribution is 2.25. The van der Waals surface area contributed by atoms with Gasteiger partial charge in [-0.3, -0.25) is 14.9 Å². The maximum Gasteiger partial charge on any atom is 0.284 e. The summed E-state index contributed by atoms with van der Waals surface area (Å²) in [5.74, 6) is -0.0976. The molecular formula is C15H11BrClN3O4. The number of hydrazone groups is 1. The van der Waals surface area contributed by atoms with E-state index in [1.54, 1.807) is 30.3 Å². The third-order valence-corrected chi connectivity index (χ3v) is 3.75. The van der Waals surface area contributed by atoms with Crippen molar-refractivity contribution in [3.8, 4) is 5.75 Å². The first-order valence-electron chi connectivity index (χ1n) is 6.60. The standard InChI is InChI=1S/C15H11BrClN3O4/c16-11-6-5-10(7-13(11)20(22)23)8-18-19-15(21)9-24-14-4-2-1-3-12(14)17/h1-8H,9H2,(H,19,21)/b18-8-. The van der Waals surface area contributed by atoms with E-state index in [2.05, 4.69) is 26.5 Å². The van der Waals surface area contributed by atoms with E-state index in [4.69, 9.17) is 16.3 Å². The quantitative estimate of drug-likeness (QED) is 0.446. The number of ether oxygens (including phenoxy) is 1. The molecule has 9 heteroatoms. The number of para-hydroxylation sites is 1. The maximum absolute atomic E-state index is 11.6. The van der Waals surface area contributed by atoms with E-state index in [0.717, 1.165) is 0 Å². The molecule has 0 spiro atoms. The Labute approximate surface area is 150 Å². The smallest absolute Gasteiger partial charge is 0.284 e. The molecule has 0 saturated carbocycles. The molecule has 0 heterocycles. The zero-order chi connectivity index (χ0) is 17.5. The highest BCUT2D eigenvalue weighted by molar-refractivity contribution is 9.10. The molecule has 1 amide bonds. The molecule has 7 nitrogen and oxygen atoms in total. The molecule has 2 rings (SSSR count). The lowest BCUT2D eigenvalue weighted by Gasteiger charge is -2.06. The van der Waals surface area contributed by atoms with Gasteiger partial charge in [0.2, 0.25) is 0 Å².